The zero-order valence-electron chi connectivity index (χ0n) is 11.7. The van der Waals surface area contributed by atoms with E-state index >= 15 is 0 Å². The molecule has 3 rings (SSSR count). The Kier molecular flexibility index (Phi) is 3.61. The van der Waals surface area contributed by atoms with Crippen molar-refractivity contribution in [2.75, 3.05) is 0 Å². The van der Waals surface area contributed by atoms with Crippen molar-refractivity contribution >= 4 is 27.5 Å². The number of fused-ring (bicyclic) bond motifs is 1. The van der Waals surface area contributed by atoms with Gasteiger partial charge in [-0.15, -0.1) is 6.42 Å². The van der Waals surface area contributed by atoms with Crippen molar-refractivity contribution in [1.82, 2.24) is 14.1 Å². The molecule has 0 fully saturated rings. The molecule has 0 aliphatic carbocycles. The lowest BCUT2D eigenvalue weighted by molar-refractivity contribution is 0.0985. The van der Waals surface area contributed by atoms with Crippen molar-refractivity contribution in [3.63, 3.8) is 0 Å². The van der Waals surface area contributed by atoms with Crippen LogP contribution in [0.15, 0.2) is 35.6 Å². The van der Waals surface area contributed by atoms with E-state index in [0.29, 0.717) is 9.50 Å². The Labute approximate surface area is 129 Å². The molecule has 0 aliphatic rings. The van der Waals surface area contributed by atoms with Crippen LogP contribution in [0.4, 0.5) is 4.39 Å². The highest BCUT2D eigenvalue weighted by Crippen LogP contribution is 2.18. The number of carbonyl (C=O) groups is 1. The molecule has 0 atom stereocenters. The molecule has 110 valence electrons. The number of rotatable bonds is 2. The van der Waals surface area contributed by atoms with Gasteiger partial charge in [0.1, 0.15) is 5.82 Å². The summed E-state index contributed by atoms with van der Waals surface area (Å²) in [5.41, 5.74) is 0.746. The number of hydrogen-bond donors (Lipinski definition) is 0. The summed E-state index contributed by atoms with van der Waals surface area (Å²) in [5, 5.41) is 0. The number of terminal acetylenes is 1. The highest BCUT2D eigenvalue weighted by atomic mass is 32.1. The van der Waals surface area contributed by atoms with Crippen LogP contribution >= 0.6 is 11.3 Å². The van der Waals surface area contributed by atoms with Crippen LogP contribution in [0.25, 0.3) is 10.2 Å². The van der Waals surface area contributed by atoms with E-state index in [1.54, 1.807) is 28.4 Å². The van der Waals surface area contributed by atoms with Gasteiger partial charge in [0.2, 0.25) is 5.82 Å². The third-order valence-electron chi connectivity index (χ3n) is 3.10. The van der Waals surface area contributed by atoms with Gasteiger partial charge < -0.3 is 9.13 Å². The van der Waals surface area contributed by atoms with E-state index in [1.165, 1.54) is 29.7 Å². The Hall–Kier alpha value is -2.72. The lowest BCUT2D eigenvalue weighted by Gasteiger charge is -1.99. The van der Waals surface area contributed by atoms with Gasteiger partial charge in [-0.05, 0) is 18.2 Å². The van der Waals surface area contributed by atoms with Gasteiger partial charge in [0.05, 0.1) is 16.8 Å². The Bertz CT molecular complexity index is 973. The molecule has 0 aliphatic heterocycles. The molecule has 7 heteroatoms. The molecule has 2 heterocycles. The first-order chi connectivity index (χ1) is 10.6. The quantitative estimate of drug-likeness (QED) is 0.679. The summed E-state index contributed by atoms with van der Waals surface area (Å²) < 4.78 is 17.3. The Morgan fingerprint density at radius 1 is 1.55 bits per heavy atom. The molecule has 0 N–H and O–H groups in total. The minimum absolute atomic E-state index is 0.232. The summed E-state index contributed by atoms with van der Waals surface area (Å²) >= 11 is 1.21. The van der Waals surface area contributed by atoms with Crippen LogP contribution in [-0.4, -0.2) is 20.0 Å². The smallest absolute Gasteiger partial charge is 0.315 e. The topological polar surface area (TPSA) is 52.2 Å². The van der Waals surface area contributed by atoms with Gasteiger partial charge in [0.15, 0.2) is 4.80 Å². The van der Waals surface area contributed by atoms with Crippen molar-refractivity contribution < 1.29 is 9.18 Å². The van der Waals surface area contributed by atoms with Gasteiger partial charge in [0.25, 0.3) is 0 Å². The minimum Gasteiger partial charge on any atom is -0.330 e. The van der Waals surface area contributed by atoms with Gasteiger partial charge in [-0.25, -0.2) is 9.37 Å². The van der Waals surface area contributed by atoms with Crippen LogP contribution in [0.1, 0.15) is 10.6 Å². The summed E-state index contributed by atoms with van der Waals surface area (Å²) in [7, 11) is 1.71. The number of amides is 1. The summed E-state index contributed by atoms with van der Waals surface area (Å²) in [4.78, 5) is 20.7. The molecular weight excluding hydrogens is 303 g/mol. The lowest BCUT2D eigenvalue weighted by atomic mass is 10.3. The number of benzene rings is 1. The summed E-state index contributed by atoms with van der Waals surface area (Å²) in [6, 6.07) is 4.38. The molecule has 0 saturated heterocycles. The van der Waals surface area contributed by atoms with Crippen LogP contribution in [0.2, 0.25) is 0 Å². The molecule has 1 amide bonds. The molecule has 0 bridgehead atoms. The Morgan fingerprint density at radius 2 is 2.36 bits per heavy atom. The lowest BCUT2D eigenvalue weighted by Crippen LogP contribution is -2.17. The van der Waals surface area contributed by atoms with Gasteiger partial charge in [0, 0.05) is 19.4 Å². The number of carbonyl (C=O) groups excluding carboxylic acids is 1. The van der Waals surface area contributed by atoms with Crippen LogP contribution < -0.4 is 4.80 Å². The van der Waals surface area contributed by atoms with E-state index < -0.39 is 5.91 Å². The molecule has 0 spiro atoms. The second-order valence-corrected chi connectivity index (χ2v) is 5.57. The summed E-state index contributed by atoms with van der Waals surface area (Å²) in [6.45, 7) is 0.248. The van der Waals surface area contributed by atoms with Gasteiger partial charge in [-0.3, -0.25) is 4.79 Å². The average Bonchev–Trinajstić information content (AvgIpc) is 3.03. The van der Waals surface area contributed by atoms with Crippen molar-refractivity contribution in [1.29, 1.82) is 0 Å². The van der Waals surface area contributed by atoms with Crippen molar-refractivity contribution in [3.05, 3.63) is 47.0 Å². The van der Waals surface area contributed by atoms with E-state index in [1.807, 2.05) is 0 Å². The molecule has 2 aromatic heterocycles. The van der Waals surface area contributed by atoms with Crippen molar-refractivity contribution in [2.24, 2.45) is 12.0 Å². The first-order valence-electron chi connectivity index (χ1n) is 6.39. The molecule has 0 radical (unpaired) electrons. The van der Waals surface area contributed by atoms with Crippen molar-refractivity contribution in [2.45, 2.75) is 6.54 Å². The van der Waals surface area contributed by atoms with Crippen molar-refractivity contribution in [3.8, 4) is 12.3 Å². The molecule has 22 heavy (non-hydrogen) atoms. The predicted octanol–water partition coefficient (Wildman–Crippen LogP) is 1.95. The minimum atomic E-state index is -0.467. The highest BCUT2D eigenvalue weighted by Gasteiger charge is 2.12. The fourth-order valence-electron chi connectivity index (χ4n) is 2.09. The zero-order chi connectivity index (χ0) is 15.7. The number of nitrogens with zero attached hydrogens (tertiary/aromatic N) is 4. The first kappa shape index (κ1) is 14.2. The summed E-state index contributed by atoms with van der Waals surface area (Å²) in [5.74, 6) is 1.94. The fraction of sp³-hybridized carbons (Fsp3) is 0.133. The van der Waals surface area contributed by atoms with Crippen LogP contribution in [-0.2, 0) is 13.6 Å². The predicted molar refractivity (Wildman–Crippen MR) is 81.7 cm³/mol. The maximum atomic E-state index is 13.3. The van der Waals surface area contributed by atoms with E-state index in [2.05, 4.69) is 15.9 Å². The molecule has 0 unspecified atom stereocenters. The molecule has 3 aromatic rings. The normalized spacial score (nSPS) is 11.8. The Morgan fingerprint density at radius 3 is 3.05 bits per heavy atom. The average molecular weight is 314 g/mol. The number of thiazole rings is 1. The van der Waals surface area contributed by atoms with Gasteiger partial charge in [-0.1, -0.05) is 17.3 Å². The first-order valence-corrected chi connectivity index (χ1v) is 7.20. The maximum Gasteiger partial charge on any atom is 0.315 e. The molecule has 5 nitrogen and oxygen atoms in total. The van der Waals surface area contributed by atoms with E-state index in [-0.39, 0.29) is 18.2 Å². The largest absolute Gasteiger partial charge is 0.330 e. The third-order valence-corrected chi connectivity index (χ3v) is 4.15. The van der Waals surface area contributed by atoms with Crippen LogP contribution in [0.5, 0.6) is 0 Å². The van der Waals surface area contributed by atoms with Crippen LogP contribution in [0, 0.1) is 18.2 Å². The van der Waals surface area contributed by atoms with E-state index in [4.69, 9.17) is 6.42 Å². The second-order valence-electron chi connectivity index (χ2n) is 4.57. The molecule has 1 aromatic carbocycles. The number of aryl methyl sites for hydroxylation is 1. The molecule has 0 saturated carbocycles. The SMILES string of the molecule is C#CCn1c(=NC(=O)c2nccn2C)sc2cc(F)ccc21. The standard InChI is InChI=1S/C15H11FN4OS/c1-3-7-20-11-5-4-10(16)9-12(11)22-15(20)18-14(21)13-17-6-8-19(13)2/h1,4-6,8-9H,7H2,2H3. The van der Waals surface area contributed by atoms with Gasteiger partial charge in [-0.2, -0.15) is 4.99 Å². The van der Waals surface area contributed by atoms with Crippen LogP contribution in [0.3, 0.4) is 0 Å². The Balaban J connectivity index is 2.19. The van der Waals surface area contributed by atoms with E-state index in [0.717, 1.165) is 5.52 Å². The monoisotopic (exact) mass is 314 g/mol. The highest BCUT2D eigenvalue weighted by molar-refractivity contribution is 7.16. The summed E-state index contributed by atoms with van der Waals surface area (Å²) in [6.07, 6.45) is 8.57. The second kappa shape index (κ2) is 5.58. The number of imidazole rings is 1. The number of aromatic nitrogens is 3. The van der Waals surface area contributed by atoms with Gasteiger partial charge >= 0.3 is 5.91 Å². The fourth-order valence-corrected chi connectivity index (χ4v) is 3.14. The zero-order valence-corrected chi connectivity index (χ0v) is 12.5. The maximum absolute atomic E-state index is 13.3. The third kappa shape index (κ3) is 2.44. The number of halogens is 1. The van der Waals surface area contributed by atoms with E-state index in [9.17, 15) is 9.18 Å². The number of hydrogen-bond acceptors (Lipinski definition) is 3. The molecular formula is C15H11FN4OS.